The molecular formula is C25H29ClF3NO6. The smallest absolute Gasteiger partial charge is 0.475 e. The second kappa shape index (κ2) is 11.8. The molecule has 2 aromatic carbocycles. The van der Waals surface area contributed by atoms with Crippen LogP contribution in [0.25, 0.3) is 0 Å². The van der Waals surface area contributed by atoms with E-state index < -0.39 is 30.5 Å². The number of ether oxygens (including phenoxy) is 1. The van der Waals surface area contributed by atoms with Gasteiger partial charge in [-0.25, -0.2) is 4.79 Å². The first-order chi connectivity index (χ1) is 17.0. The van der Waals surface area contributed by atoms with Gasteiger partial charge in [0.2, 0.25) is 0 Å². The van der Waals surface area contributed by atoms with Crippen LogP contribution in [-0.2, 0) is 28.8 Å². The zero-order valence-electron chi connectivity index (χ0n) is 19.6. The molecule has 5 N–H and O–H groups in total. The van der Waals surface area contributed by atoms with Gasteiger partial charge in [-0.15, -0.1) is 0 Å². The Kier molecular flexibility index (Phi) is 9.23. The largest absolute Gasteiger partial charge is 0.490 e. The minimum Gasteiger partial charge on any atom is -0.475 e. The first kappa shape index (κ1) is 28.2. The zero-order chi connectivity index (χ0) is 26.6. The Morgan fingerprint density at radius 2 is 1.78 bits per heavy atom. The highest BCUT2D eigenvalue weighted by atomic mass is 35.5. The van der Waals surface area contributed by atoms with Gasteiger partial charge in [-0.05, 0) is 65.6 Å². The maximum Gasteiger partial charge on any atom is 0.490 e. The number of carboxylic acids is 1. The molecule has 11 heteroatoms. The molecule has 1 saturated heterocycles. The van der Waals surface area contributed by atoms with Crippen molar-refractivity contribution in [1.29, 1.82) is 0 Å². The molecule has 1 heterocycles. The van der Waals surface area contributed by atoms with Crippen LogP contribution in [0.1, 0.15) is 46.8 Å². The normalized spacial score (nSPS) is 23.4. The number of carboxylic acid groups (broad SMARTS) is 1. The number of aliphatic carboxylic acids is 1. The highest BCUT2D eigenvalue weighted by Gasteiger charge is 2.39. The first-order valence-corrected chi connectivity index (χ1v) is 11.9. The van der Waals surface area contributed by atoms with Crippen molar-refractivity contribution in [1.82, 2.24) is 0 Å². The predicted molar refractivity (Wildman–Crippen MR) is 127 cm³/mol. The molecule has 7 nitrogen and oxygen atoms in total. The number of hydrogen-bond donors (Lipinski definition) is 5. The second-order valence-electron chi connectivity index (χ2n) is 8.82. The summed E-state index contributed by atoms with van der Waals surface area (Å²) in [6.45, 7) is -0.324. The molecule has 0 radical (unpaired) electrons. The van der Waals surface area contributed by atoms with Crippen LogP contribution in [0.15, 0.2) is 30.3 Å². The van der Waals surface area contributed by atoms with Gasteiger partial charge in [0, 0.05) is 24.2 Å². The molecule has 36 heavy (non-hydrogen) atoms. The van der Waals surface area contributed by atoms with Gasteiger partial charge in [0.25, 0.3) is 0 Å². The van der Waals surface area contributed by atoms with Crippen molar-refractivity contribution in [3.05, 3.63) is 63.2 Å². The summed E-state index contributed by atoms with van der Waals surface area (Å²) >= 11 is 6.80. The van der Waals surface area contributed by atoms with Crippen molar-refractivity contribution in [2.45, 2.75) is 62.7 Å². The fraction of sp³-hybridized carbons (Fsp3) is 0.480. The summed E-state index contributed by atoms with van der Waals surface area (Å²) in [5, 5.41) is 41.0. The number of halogens is 4. The molecule has 2 aliphatic rings. The maximum atomic E-state index is 10.6. The van der Waals surface area contributed by atoms with Gasteiger partial charge in [-0.3, -0.25) is 0 Å². The minimum atomic E-state index is -5.08. The van der Waals surface area contributed by atoms with Crippen molar-refractivity contribution < 1.29 is 43.1 Å². The van der Waals surface area contributed by atoms with E-state index in [1.165, 1.54) is 16.7 Å². The van der Waals surface area contributed by atoms with Gasteiger partial charge in [0.1, 0.15) is 12.2 Å². The van der Waals surface area contributed by atoms with Crippen LogP contribution in [-0.4, -0.2) is 64.5 Å². The standard InChI is InChI=1S/C23H28ClNO4.C2HF3O2/c1-25-15-7-5-13(6-8-15)9-14-10-18(16-3-2-4-17(16)22(14)24)20-11-19(27)23(28)21(12-26)29-20;3-2(4,5)1(6)7/h5-8,10,19-21,23,25-28H,2-4,9,11-12H2,1H3;(H,6,7)/t19?,20?,21?,23-;/m0./s1. The number of benzene rings is 2. The lowest BCUT2D eigenvalue weighted by molar-refractivity contribution is -0.192. The van der Waals surface area contributed by atoms with E-state index >= 15 is 0 Å². The Morgan fingerprint density at radius 3 is 2.33 bits per heavy atom. The van der Waals surface area contributed by atoms with Gasteiger partial charge in [0.05, 0.1) is 18.8 Å². The van der Waals surface area contributed by atoms with E-state index in [1.54, 1.807) is 0 Å². The number of alkyl halides is 3. The molecule has 0 amide bonds. The number of fused-ring (bicyclic) bond motifs is 1. The number of rotatable bonds is 5. The molecule has 0 spiro atoms. The van der Waals surface area contributed by atoms with Crippen LogP contribution < -0.4 is 5.32 Å². The van der Waals surface area contributed by atoms with Crippen molar-refractivity contribution in [2.24, 2.45) is 0 Å². The van der Waals surface area contributed by atoms with Crippen LogP contribution in [0.3, 0.4) is 0 Å². The van der Waals surface area contributed by atoms with Gasteiger partial charge in [0.15, 0.2) is 0 Å². The van der Waals surface area contributed by atoms with Crippen molar-refractivity contribution in [3.8, 4) is 0 Å². The SMILES string of the molecule is CNc1ccc(Cc2cc(C3CC(O)[C@H](O)C(CO)O3)c3c(c2Cl)CCC3)cc1.O=C(O)C(F)(F)F. The number of carbonyl (C=O) groups is 1. The van der Waals surface area contributed by atoms with Crippen molar-refractivity contribution in [3.63, 3.8) is 0 Å². The highest BCUT2D eigenvalue weighted by molar-refractivity contribution is 6.32. The summed E-state index contributed by atoms with van der Waals surface area (Å²) in [6.07, 6.45) is -4.28. The summed E-state index contributed by atoms with van der Waals surface area (Å²) in [5.74, 6) is -2.76. The van der Waals surface area contributed by atoms with Gasteiger partial charge >= 0.3 is 12.1 Å². The van der Waals surface area contributed by atoms with Crippen LogP contribution in [0.4, 0.5) is 18.9 Å². The minimum absolute atomic E-state index is 0.308. The van der Waals surface area contributed by atoms with Crippen molar-refractivity contribution in [2.75, 3.05) is 19.0 Å². The third kappa shape index (κ3) is 6.49. The van der Waals surface area contributed by atoms with Crippen LogP contribution in [0.2, 0.25) is 5.02 Å². The third-order valence-corrected chi connectivity index (χ3v) is 6.89. The summed E-state index contributed by atoms with van der Waals surface area (Å²) in [5.41, 5.74) is 6.69. The topological polar surface area (TPSA) is 119 Å². The molecule has 198 valence electrons. The Morgan fingerprint density at radius 1 is 1.17 bits per heavy atom. The lowest BCUT2D eigenvalue weighted by atomic mass is 9.88. The fourth-order valence-corrected chi connectivity index (χ4v) is 4.90. The molecule has 1 aliphatic heterocycles. The molecule has 4 atom stereocenters. The Labute approximate surface area is 211 Å². The number of aliphatic hydroxyl groups is 3. The monoisotopic (exact) mass is 531 g/mol. The number of anilines is 1. The quantitative estimate of drug-likeness (QED) is 0.399. The summed E-state index contributed by atoms with van der Waals surface area (Å²) in [4.78, 5) is 8.90. The second-order valence-corrected chi connectivity index (χ2v) is 9.19. The van der Waals surface area contributed by atoms with E-state index in [0.29, 0.717) is 12.8 Å². The molecule has 1 fully saturated rings. The predicted octanol–water partition coefficient (Wildman–Crippen LogP) is 3.64. The van der Waals surface area contributed by atoms with Gasteiger partial charge < -0.3 is 30.5 Å². The number of aliphatic hydroxyl groups excluding tert-OH is 3. The molecule has 3 unspecified atom stereocenters. The van der Waals surface area contributed by atoms with E-state index in [0.717, 1.165) is 41.1 Å². The molecule has 2 aromatic rings. The van der Waals surface area contributed by atoms with E-state index in [4.69, 9.17) is 26.2 Å². The Bertz CT molecular complexity index is 1060. The van der Waals surface area contributed by atoms with Gasteiger partial charge in [-0.2, -0.15) is 13.2 Å². The molecule has 1 aliphatic carbocycles. The van der Waals surface area contributed by atoms with E-state index in [-0.39, 0.29) is 12.7 Å². The average Bonchev–Trinajstić information content (AvgIpc) is 3.33. The van der Waals surface area contributed by atoms with Gasteiger partial charge in [-0.1, -0.05) is 29.8 Å². The average molecular weight is 532 g/mol. The van der Waals surface area contributed by atoms with E-state index in [2.05, 4.69) is 23.5 Å². The lowest BCUT2D eigenvalue weighted by Crippen LogP contribution is -2.47. The summed E-state index contributed by atoms with van der Waals surface area (Å²) < 4.78 is 37.7. The molecule has 4 rings (SSSR count). The molecule has 0 aromatic heterocycles. The van der Waals surface area contributed by atoms with E-state index in [1.807, 2.05) is 19.2 Å². The van der Waals surface area contributed by atoms with E-state index in [9.17, 15) is 28.5 Å². The maximum absolute atomic E-state index is 10.6. The van der Waals surface area contributed by atoms with Crippen LogP contribution in [0, 0.1) is 0 Å². The summed E-state index contributed by atoms with van der Waals surface area (Å²) in [6, 6.07) is 10.4. The van der Waals surface area contributed by atoms with Crippen molar-refractivity contribution >= 4 is 23.3 Å². The highest BCUT2D eigenvalue weighted by Crippen LogP contribution is 2.42. The molecular weight excluding hydrogens is 503 g/mol. The third-order valence-electron chi connectivity index (χ3n) is 6.42. The van der Waals surface area contributed by atoms with Crippen LogP contribution >= 0.6 is 11.6 Å². The lowest BCUT2D eigenvalue weighted by Gasteiger charge is -2.37. The zero-order valence-corrected chi connectivity index (χ0v) is 20.3. The Balaban J connectivity index is 0.000000454. The number of hydrogen-bond acceptors (Lipinski definition) is 6. The number of nitrogens with one attached hydrogen (secondary N) is 1. The van der Waals surface area contributed by atoms with Crippen LogP contribution in [0.5, 0.6) is 0 Å². The molecule has 0 bridgehead atoms. The molecule has 0 saturated carbocycles. The Hall–Kier alpha value is -2.37. The first-order valence-electron chi connectivity index (χ1n) is 11.5. The summed E-state index contributed by atoms with van der Waals surface area (Å²) in [7, 11) is 1.90. The fourth-order valence-electron chi connectivity index (χ4n) is 4.57.